The first kappa shape index (κ1) is 13.9. The molecule has 0 saturated carbocycles. The molecule has 5 atom stereocenters. The van der Waals surface area contributed by atoms with Crippen LogP contribution in [0.4, 0.5) is 0 Å². The Morgan fingerprint density at radius 3 is 2.56 bits per heavy atom. The number of amides is 1. The Kier molecular flexibility index (Phi) is 4.31. The van der Waals surface area contributed by atoms with E-state index in [1.807, 2.05) is 0 Å². The van der Waals surface area contributed by atoms with Gasteiger partial charge in [-0.3, -0.25) is 4.79 Å². The third kappa shape index (κ3) is 2.87. The van der Waals surface area contributed by atoms with Crippen molar-refractivity contribution < 1.29 is 4.79 Å². The van der Waals surface area contributed by atoms with Gasteiger partial charge in [0.2, 0.25) is 5.91 Å². The predicted octanol–water partition coefficient (Wildman–Crippen LogP) is 2.27. The van der Waals surface area contributed by atoms with Crippen LogP contribution in [-0.4, -0.2) is 36.0 Å². The summed E-state index contributed by atoms with van der Waals surface area (Å²) in [5.41, 5.74) is 0. The number of carbonyl (C=O) groups is 1. The molecule has 3 heteroatoms. The minimum absolute atomic E-state index is 0.251. The van der Waals surface area contributed by atoms with Crippen LogP contribution in [0.5, 0.6) is 0 Å². The second-order valence-corrected chi connectivity index (χ2v) is 6.63. The van der Waals surface area contributed by atoms with Crippen molar-refractivity contribution in [3.05, 3.63) is 0 Å². The average Bonchev–Trinajstić information content (AvgIpc) is 2.33. The standard InChI is InChI=1S/C15H28N2O/c1-10-7-11(2)13(4)17(9-10)15(18)14-5-6-16-12(3)8-14/h10-14,16H,5-9H2,1-4H3. The minimum Gasteiger partial charge on any atom is -0.339 e. The van der Waals surface area contributed by atoms with Crippen molar-refractivity contribution in [1.29, 1.82) is 0 Å². The van der Waals surface area contributed by atoms with Gasteiger partial charge >= 0.3 is 0 Å². The van der Waals surface area contributed by atoms with Crippen LogP contribution in [0, 0.1) is 17.8 Å². The molecule has 5 unspecified atom stereocenters. The molecule has 104 valence electrons. The van der Waals surface area contributed by atoms with Gasteiger partial charge < -0.3 is 10.2 Å². The van der Waals surface area contributed by atoms with E-state index in [0.717, 1.165) is 25.9 Å². The van der Waals surface area contributed by atoms with E-state index in [1.165, 1.54) is 6.42 Å². The molecule has 0 aromatic rings. The summed E-state index contributed by atoms with van der Waals surface area (Å²) in [6, 6.07) is 0.904. The van der Waals surface area contributed by atoms with Gasteiger partial charge in [0.1, 0.15) is 0 Å². The number of piperidine rings is 2. The van der Waals surface area contributed by atoms with E-state index in [-0.39, 0.29) is 5.92 Å². The zero-order valence-corrected chi connectivity index (χ0v) is 12.3. The fourth-order valence-electron chi connectivity index (χ4n) is 3.60. The van der Waals surface area contributed by atoms with Crippen molar-refractivity contribution >= 4 is 5.91 Å². The Morgan fingerprint density at radius 1 is 1.17 bits per heavy atom. The molecule has 0 spiro atoms. The maximum Gasteiger partial charge on any atom is 0.226 e. The second kappa shape index (κ2) is 5.60. The molecule has 0 aliphatic carbocycles. The number of rotatable bonds is 1. The number of likely N-dealkylation sites (tertiary alicyclic amines) is 1. The van der Waals surface area contributed by atoms with E-state index in [4.69, 9.17) is 0 Å². The average molecular weight is 252 g/mol. The van der Waals surface area contributed by atoms with Crippen LogP contribution < -0.4 is 5.32 Å². The van der Waals surface area contributed by atoms with Gasteiger partial charge in [0.05, 0.1) is 0 Å². The van der Waals surface area contributed by atoms with E-state index in [0.29, 0.717) is 29.8 Å². The van der Waals surface area contributed by atoms with Crippen molar-refractivity contribution in [3.8, 4) is 0 Å². The van der Waals surface area contributed by atoms with Crippen LogP contribution in [0.2, 0.25) is 0 Å². The summed E-state index contributed by atoms with van der Waals surface area (Å²) in [7, 11) is 0. The van der Waals surface area contributed by atoms with Gasteiger partial charge in [-0.15, -0.1) is 0 Å². The highest BCUT2D eigenvalue weighted by atomic mass is 16.2. The van der Waals surface area contributed by atoms with Crippen molar-refractivity contribution in [1.82, 2.24) is 10.2 Å². The smallest absolute Gasteiger partial charge is 0.226 e. The van der Waals surface area contributed by atoms with Crippen LogP contribution in [0.3, 0.4) is 0 Å². The maximum absolute atomic E-state index is 12.7. The van der Waals surface area contributed by atoms with Gasteiger partial charge in [0, 0.05) is 24.5 Å². The Labute approximate surface area is 111 Å². The molecule has 2 heterocycles. The lowest BCUT2D eigenvalue weighted by Crippen LogP contribution is -2.52. The minimum atomic E-state index is 0.251. The van der Waals surface area contributed by atoms with Crippen LogP contribution in [0.25, 0.3) is 0 Å². The SMILES string of the molecule is CC1CC(C)C(C)N(C(=O)C2CCNC(C)C2)C1. The van der Waals surface area contributed by atoms with Crippen molar-refractivity contribution in [3.63, 3.8) is 0 Å². The van der Waals surface area contributed by atoms with E-state index in [2.05, 4.69) is 37.9 Å². The normalized spacial score (nSPS) is 41.8. The van der Waals surface area contributed by atoms with Gasteiger partial charge in [0.15, 0.2) is 0 Å². The van der Waals surface area contributed by atoms with Gasteiger partial charge in [-0.25, -0.2) is 0 Å². The molecule has 2 rings (SSSR count). The summed E-state index contributed by atoms with van der Waals surface area (Å²) in [6.45, 7) is 10.9. The molecule has 0 aromatic carbocycles. The number of nitrogens with one attached hydrogen (secondary N) is 1. The summed E-state index contributed by atoms with van der Waals surface area (Å²) in [4.78, 5) is 14.9. The lowest BCUT2D eigenvalue weighted by molar-refractivity contribution is -0.142. The number of carbonyl (C=O) groups excluding carboxylic acids is 1. The Bertz CT molecular complexity index is 305. The van der Waals surface area contributed by atoms with Crippen molar-refractivity contribution in [2.45, 2.75) is 59.0 Å². The van der Waals surface area contributed by atoms with E-state index >= 15 is 0 Å². The van der Waals surface area contributed by atoms with Crippen LogP contribution in [0.15, 0.2) is 0 Å². The van der Waals surface area contributed by atoms with E-state index in [9.17, 15) is 4.79 Å². The highest BCUT2D eigenvalue weighted by molar-refractivity contribution is 5.79. The summed E-state index contributed by atoms with van der Waals surface area (Å²) in [5, 5.41) is 3.43. The molecule has 0 aromatic heterocycles. The fourth-order valence-corrected chi connectivity index (χ4v) is 3.60. The molecule has 2 aliphatic rings. The lowest BCUT2D eigenvalue weighted by Gasteiger charge is -2.43. The zero-order chi connectivity index (χ0) is 13.3. The second-order valence-electron chi connectivity index (χ2n) is 6.63. The summed E-state index contributed by atoms with van der Waals surface area (Å²) in [5.74, 6) is 1.95. The molecular weight excluding hydrogens is 224 g/mol. The number of hydrogen-bond donors (Lipinski definition) is 1. The maximum atomic E-state index is 12.7. The van der Waals surface area contributed by atoms with Gasteiger partial charge in [-0.05, 0) is 51.5 Å². The zero-order valence-electron chi connectivity index (χ0n) is 12.3. The summed E-state index contributed by atoms with van der Waals surface area (Å²) < 4.78 is 0. The Morgan fingerprint density at radius 2 is 1.89 bits per heavy atom. The molecule has 1 N–H and O–H groups in total. The first-order valence-electron chi connectivity index (χ1n) is 7.53. The van der Waals surface area contributed by atoms with Gasteiger partial charge in [0.25, 0.3) is 0 Å². The Balaban J connectivity index is 2.02. The first-order valence-corrected chi connectivity index (χ1v) is 7.53. The molecule has 2 fully saturated rings. The van der Waals surface area contributed by atoms with Gasteiger partial charge in [-0.1, -0.05) is 13.8 Å². The van der Waals surface area contributed by atoms with Crippen LogP contribution >= 0.6 is 0 Å². The number of nitrogens with zero attached hydrogens (tertiary/aromatic N) is 1. The molecule has 3 nitrogen and oxygen atoms in total. The molecule has 18 heavy (non-hydrogen) atoms. The Hall–Kier alpha value is -0.570. The predicted molar refractivity (Wildman–Crippen MR) is 74.3 cm³/mol. The summed E-state index contributed by atoms with van der Waals surface area (Å²) >= 11 is 0. The third-order valence-corrected chi connectivity index (χ3v) is 4.85. The van der Waals surface area contributed by atoms with Crippen LogP contribution in [0.1, 0.15) is 47.0 Å². The van der Waals surface area contributed by atoms with Crippen LogP contribution in [-0.2, 0) is 4.79 Å². The largest absolute Gasteiger partial charge is 0.339 e. The summed E-state index contributed by atoms with van der Waals surface area (Å²) in [6.07, 6.45) is 3.27. The van der Waals surface area contributed by atoms with Crippen molar-refractivity contribution in [2.24, 2.45) is 17.8 Å². The highest BCUT2D eigenvalue weighted by Gasteiger charge is 2.36. The lowest BCUT2D eigenvalue weighted by atomic mass is 9.84. The number of hydrogen-bond acceptors (Lipinski definition) is 2. The first-order chi connectivity index (χ1) is 8.49. The highest BCUT2D eigenvalue weighted by Crippen LogP contribution is 2.30. The molecule has 0 radical (unpaired) electrons. The topological polar surface area (TPSA) is 32.3 Å². The van der Waals surface area contributed by atoms with E-state index in [1.54, 1.807) is 0 Å². The monoisotopic (exact) mass is 252 g/mol. The van der Waals surface area contributed by atoms with Crippen molar-refractivity contribution in [2.75, 3.05) is 13.1 Å². The fraction of sp³-hybridized carbons (Fsp3) is 0.933. The van der Waals surface area contributed by atoms with E-state index < -0.39 is 0 Å². The molecule has 0 bridgehead atoms. The van der Waals surface area contributed by atoms with Gasteiger partial charge in [-0.2, -0.15) is 0 Å². The molecular formula is C15H28N2O. The molecule has 1 amide bonds. The quantitative estimate of drug-likeness (QED) is 0.776. The molecule has 2 aliphatic heterocycles. The molecule has 2 saturated heterocycles. The third-order valence-electron chi connectivity index (χ3n) is 4.85.